The number of hydrogen-bond donors (Lipinski definition) is 0. The van der Waals surface area contributed by atoms with E-state index >= 15 is 0 Å². The third-order valence-electron chi connectivity index (χ3n) is 2.68. The van der Waals surface area contributed by atoms with Gasteiger partial charge in [0.15, 0.2) is 0 Å². The molecule has 0 N–H and O–H groups in total. The maximum absolute atomic E-state index is 10.6. The molecule has 6 heteroatoms. The summed E-state index contributed by atoms with van der Waals surface area (Å²) in [6.07, 6.45) is 0. The van der Waals surface area contributed by atoms with Crippen LogP contribution in [0.2, 0.25) is 0 Å². The molecule has 3 rings (SSSR count). The number of halogens is 1. The van der Waals surface area contributed by atoms with Gasteiger partial charge in [-0.15, -0.1) is 11.3 Å². The van der Waals surface area contributed by atoms with Crippen LogP contribution in [0.5, 0.6) is 0 Å². The van der Waals surface area contributed by atoms with E-state index in [9.17, 15) is 10.1 Å². The molecule has 3 aromatic rings. The van der Waals surface area contributed by atoms with E-state index in [0.29, 0.717) is 0 Å². The summed E-state index contributed by atoms with van der Waals surface area (Å²) in [5.74, 6) is 0. The van der Waals surface area contributed by atoms with E-state index in [0.717, 1.165) is 20.8 Å². The average molecular weight is 382 g/mol. The van der Waals surface area contributed by atoms with Crippen molar-refractivity contribution >= 4 is 49.8 Å². The van der Waals surface area contributed by atoms with Gasteiger partial charge in [-0.25, -0.2) is 4.98 Å². The van der Waals surface area contributed by atoms with Crippen LogP contribution in [0.4, 0.5) is 5.69 Å². The first kappa shape index (κ1) is 12.5. The summed E-state index contributed by atoms with van der Waals surface area (Å²) >= 11 is 3.86. The van der Waals surface area contributed by atoms with E-state index < -0.39 is 4.92 Å². The number of benzene rings is 2. The first-order chi connectivity index (χ1) is 9.13. The summed E-state index contributed by atoms with van der Waals surface area (Å²) in [6.45, 7) is 0. The van der Waals surface area contributed by atoms with Crippen molar-refractivity contribution in [1.29, 1.82) is 0 Å². The number of nitro benzene ring substituents is 1. The highest BCUT2D eigenvalue weighted by molar-refractivity contribution is 14.1. The number of aromatic nitrogens is 1. The van der Waals surface area contributed by atoms with E-state index in [-0.39, 0.29) is 5.69 Å². The van der Waals surface area contributed by atoms with Crippen molar-refractivity contribution in [2.75, 3.05) is 0 Å². The van der Waals surface area contributed by atoms with Gasteiger partial charge in [-0.2, -0.15) is 0 Å². The number of nitrogens with zero attached hydrogens (tertiary/aromatic N) is 2. The van der Waals surface area contributed by atoms with E-state index in [1.165, 1.54) is 15.7 Å². The Morgan fingerprint density at radius 3 is 2.58 bits per heavy atom. The fourth-order valence-electron chi connectivity index (χ4n) is 1.75. The molecule has 0 bridgehead atoms. The molecule has 0 saturated carbocycles. The SMILES string of the molecule is O=[N+]([O-])c1ccc(-c2nc3ccc(I)cc3s2)cc1. The van der Waals surface area contributed by atoms with Crippen LogP contribution < -0.4 is 0 Å². The molecule has 4 nitrogen and oxygen atoms in total. The lowest BCUT2D eigenvalue weighted by atomic mass is 10.2. The van der Waals surface area contributed by atoms with Crippen LogP contribution in [0, 0.1) is 13.7 Å². The largest absolute Gasteiger partial charge is 0.269 e. The molecule has 19 heavy (non-hydrogen) atoms. The van der Waals surface area contributed by atoms with Gasteiger partial charge in [0.25, 0.3) is 5.69 Å². The Bertz CT molecular complexity index is 768. The number of thiazole rings is 1. The van der Waals surface area contributed by atoms with E-state index in [4.69, 9.17) is 0 Å². The maximum atomic E-state index is 10.6. The van der Waals surface area contributed by atoms with Crippen LogP contribution in [-0.4, -0.2) is 9.91 Å². The fraction of sp³-hybridized carbons (Fsp3) is 0. The van der Waals surface area contributed by atoms with Crippen molar-refractivity contribution in [2.24, 2.45) is 0 Å². The van der Waals surface area contributed by atoms with Gasteiger partial charge in [0.05, 0.1) is 15.1 Å². The number of hydrogen-bond acceptors (Lipinski definition) is 4. The van der Waals surface area contributed by atoms with Crippen LogP contribution in [-0.2, 0) is 0 Å². The van der Waals surface area contributed by atoms with Gasteiger partial charge < -0.3 is 0 Å². The molecular weight excluding hydrogens is 375 g/mol. The highest BCUT2D eigenvalue weighted by atomic mass is 127. The molecule has 0 amide bonds. The molecule has 0 aliphatic heterocycles. The quantitative estimate of drug-likeness (QED) is 0.373. The molecule has 0 saturated heterocycles. The summed E-state index contributed by atoms with van der Waals surface area (Å²) in [5, 5.41) is 11.5. The normalized spacial score (nSPS) is 10.8. The molecule has 1 heterocycles. The predicted molar refractivity (Wildman–Crippen MR) is 84.4 cm³/mol. The molecule has 0 atom stereocenters. The molecule has 0 fully saturated rings. The second-order valence-corrected chi connectivity index (χ2v) is 6.21. The third-order valence-corrected chi connectivity index (χ3v) is 4.41. The number of fused-ring (bicyclic) bond motifs is 1. The average Bonchev–Trinajstić information content (AvgIpc) is 2.81. The highest BCUT2D eigenvalue weighted by Gasteiger charge is 2.09. The Hall–Kier alpha value is -1.54. The van der Waals surface area contributed by atoms with E-state index in [1.54, 1.807) is 23.5 Å². The van der Waals surface area contributed by atoms with Gasteiger partial charge in [0.1, 0.15) is 5.01 Å². The Morgan fingerprint density at radius 1 is 1.16 bits per heavy atom. The van der Waals surface area contributed by atoms with Crippen molar-refractivity contribution in [1.82, 2.24) is 4.98 Å². The second kappa shape index (κ2) is 4.86. The standard InChI is InChI=1S/C13H7IN2O2S/c14-9-3-6-11-12(7-9)19-13(15-11)8-1-4-10(5-2-8)16(17)18/h1-7H. The molecule has 0 aliphatic rings. The zero-order chi connectivity index (χ0) is 13.4. The van der Waals surface area contributed by atoms with Crippen LogP contribution in [0.1, 0.15) is 0 Å². The van der Waals surface area contributed by atoms with Gasteiger partial charge in [-0.1, -0.05) is 0 Å². The van der Waals surface area contributed by atoms with Crippen molar-refractivity contribution < 1.29 is 4.92 Å². The lowest BCUT2D eigenvalue weighted by molar-refractivity contribution is -0.384. The minimum Gasteiger partial charge on any atom is -0.258 e. The zero-order valence-electron chi connectivity index (χ0n) is 9.54. The highest BCUT2D eigenvalue weighted by Crippen LogP contribution is 2.31. The monoisotopic (exact) mass is 382 g/mol. The van der Waals surface area contributed by atoms with Crippen LogP contribution in [0.15, 0.2) is 42.5 Å². The third kappa shape index (κ3) is 2.45. The fourth-order valence-corrected chi connectivity index (χ4v) is 3.46. The van der Waals surface area contributed by atoms with Crippen molar-refractivity contribution in [3.63, 3.8) is 0 Å². The van der Waals surface area contributed by atoms with Crippen LogP contribution in [0.25, 0.3) is 20.8 Å². The molecule has 0 unspecified atom stereocenters. The molecule has 0 spiro atoms. The summed E-state index contributed by atoms with van der Waals surface area (Å²) in [7, 11) is 0. The first-order valence-electron chi connectivity index (χ1n) is 5.44. The summed E-state index contributed by atoms with van der Waals surface area (Å²) < 4.78 is 2.30. The maximum Gasteiger partial charge on any atom is 0.269 e. The Balaban J connectivity index is 2.06. The molecule has 0 aliphatic carbocycles. The Kier molecular flexibility index (Phi) is 3.19. The molecule has 94 valence electrons. The second-order valence-electron chi connectivity index (χ2n) is 3.94. The molecule has 2 aromatic carbocycles. The summed E-state index contributed by atoms with van der Waals surface area (Å²) in [6, 6.07) is 12.6. The smallest absolute Gasteiger partial charge is 0.258 e. The van der Waals surface area contributed by atoms with E-state index in [2.05, 4.69) is 33.6 Å². The van der Waals surface area contributed by atoms with Gasteiger partial charge >= 0.3 is 0 Å². The lowest BCUT2D eigenvalue weighted by Crippen LogP contribution is -1.86. The van der Waals surface area contributed by atoms with Crippen LogP contribution >= 0.6 is 33.9 Å². The minimum absolute atomic E-state index is 0.0967. The topological polar surface area (TPSA) is 56.0 Å². The number of non-ortho nitro benzene ring substituents is 1. The number of rotatable bonds is 2. The summed E-state index contributed by atoms with van der Waals surface area (Å²) in [5.41, 5.74) is 1.96. The van der Waals surface area contributed by atoms with Crippen molar-refractivity contribution in [2.45, 2.75) is 0 Å². The minimum atomic E-state index is -0.398. The van der Waals surface area contributed by atoms with Crippen molar-refractivity contribution in [3.8, 4) is 10.6 Å². The van der Waals surface area contributed by atoms with Crippen LogP contribution in [0.3, 0.4) is 0 Å². The van der Waals surface area contributed by atoms with Gasteiger partial charge in [0.2, 0.25) is 0 Å². The Morgan fingerprint density at radius 2 is 1.89 bits per heavy atom. The molecular formula is C13H7IN2O2S. The molecule has 0 radical (unpaired) electrons. The number of nitro groups is 1. The Labute approximate surface area is 126 Å². The van der Waals surface area contributed by atoms with Gasteiger partial charge in [0, 0.05) is 21.3 Å². The van der Waals surface area contributed by atoms with Gasteiger partial charge in [-0.05, 0) is 52.9 Å². The van der Waals surface area contributed by atoms with E-state index in [1.807, 2.05) is 12.1 Å². The predicted octanol–water partition coefficient (Wildman–Crippen LogP) is 4.48. The summed E-state index contributed by atoms with van der Waals surface area (Å²) in [4.78, 5) is 14.8. The zero-order valence-corrected chi connectivity index (χ0v) is 12.5. The first-order valence-corrected chi connectivity index (χ1v) is 7.34. The molecule has 1 aromatic heterocycles. The lowest BCUT2D eigenvalue weighted by Gasteiger charge is -1.95. The van der Waals surface area contributed by atoms with Gasteiger partial charge in [-0.3, -0.25) is 10.1 Å². The van der Waals surface area contributed by atoms with Crippen molar-refractivity contribution in [3.05, 3.63) is 56.1 Å².